The van der Waals surface area contributed by atoms with Gasteiger partial charge in [-0.3, -0.25) is 4.79 Å². The Labute approximate surface area is 138 Å². The maximum atomic E-state index is 12.4. The van der Waals surface area contributed by atoms with Crippen LogP contribution in [0.5, 0.6) is 5.75 Å². The Kier molecular flexibility index (Phi) is 6.82. The molecule has 0 saturated heterocycles. The fourth-order valence-electron chi connectivity index (χ4n) is 1.89. The molecule has 0 spiro atoms. The highest BCUT2D eigenvalue weighted by Gasteiger charge is 2.48. The van der Waals surface area contributed by atoms with E-state index in [0.717, 1.165) is 11.6 Å². The second-order valence-electron chi connectivity index (χ2n) is 4.85. The summed E-state index contributed by atoms with van der Waals surface area (Å²) < 4.78 is 68.2. The van der Waals surface area contributed by atoms with Crippen molar-refractivity contribution in [2.45, 2.75) is 31.2 Å². The van der Waals surface area contributed by atoms with Crippen molar-refractivity contribution in [3.05, 3.63) is 42.0 Å². The number of carbonyl (C=O) groups excluding carboxylic acids is 1. The minimum Gasteiger partial charge on any atom is -0.469 e. The third kappa shape index (κ3) is 5.55. The van der Waals surface area contributed by atoms with Gasteiger partial charge in [0.2, 0.25) is 0 Å². The smallest absolute Gasteiger partial charge is 0.469 e. The molecule has 0 aliphatic carbocycles. The standard InChI is InChI=1S/C15H17F3O5S/c1-3-5-12-10-11(6-4-7-14(19)22-2)8-9-13(12)23-24(20,21)15(16,17)18/h3,8-10H,1,4-7H2,2H3. The maximum absolute atomic E-state index is 12.4. The minimum atomic E-state index is -5.73. The van der Waals surface area contributed by atoms with Crippen molar-refractivity contribution in [3.63, 3.8) is 0 Å². The molecule has 134 valence electrons. The van der Waals surface area contributed by atoms with Gasteiger partial charge in [-0.25, -0.2) is 0 Å². The van der Waals surface area contributed by atoms with Gasteiger partial charge in [-0.15, -0.1) is 6.58 Å². The second-order valence-corrected chi connectivity index (χ2v) is 6.39. The van der Waals surface area contributed by atoms with Crippen LogP contribution in [-0.2, 0) is 32.5 Å². The van der Waals surface area contributed by atoms with E-state index in [-0.39, 0.29) is 24.4 Å². The van der Waals surface area contributed by atoms with Crippen LogP contribution in [0.3, 0.4) is 0 Å². The molecule has 0 aliphatic rings. The van der Waals surface area contributed by atoms with E-state index in [0.29, 0.717) is 12.8 Å². The number of aryl methyl sites for hydroxylation is 1. The molecule has 9 heteroatoms. The van der Waals surface area contributed by atoms with Gasteiger partial charge in [0, 0.05) is 6.42 Å². The summed E-state index contributed by atoms with van der Waals surface area (Å²) in [6.07, 6.45) is 2.72. The molecule has 0 aliphatic heterocycles. The van der Waals surface area contributed by atoms with Crippen LogP contribution in [0.15, 0.2) is 30.9 Å². The molecule has 24 heavy (non-hydrogen) atoms. The SMILES string of the molecule is C=CCc1cc(CCCC(=O)OC)ccc1OS(=O)(=O)C(F)(F)F. The highest BCUT2D eigenvalue weighted by molar-refractivity contribution is 7.88. The molecule has 0 unspecified atom stereocenters. The van der Waals surface area contributed by atoms with Gasteiger partial charge in [0.1, 0.15) is 5.75 Å². The van der Waals surface area contributed by atoms with Crippen molar-refractivity contribution in [1.29, 1.82) is 0 Å². The first kappa shape index (κ1) is 20.0. The monoisotopic (exact) mass is 366 g/mol. The summed E-state index contributed by atoms with van der Waals surface area (Å²) >= 11 is 0. The first-order valence-corrected chi connectivity index (χ1v) is 8.32. The number of alkyl halides is 3. The van der Waals surface area contributed by atoms with E-state index in [1.165, 1.54) is 25.3 Å². The summed E-state index contributed by atoms with van der Waals surface area (Å²) in [4.78, 5) is 11.0. The van der Waals surface area contributed by atoms with E-state index >= 15 is 0 Å². The van der Waals surface area contributed by atoms with Crippen molar-refractivity contribution in [2.75, 3.05) is 7.11 Å². The average molecular weight is 366 g/mol. The van der Waals surface area contributed by atoms with E-state index in [1.54, 1.807) is 0 Å². The predicted octanol–water partition coefficient (Wildman–Crippen LogP) is 3.14. The lowest BCUT2D eigenvalue weighted by Crippen LogP contribution is -2.28. The number of allylic oxidation sites excluding steroid dienone is 1. The molecule has 0 atom stereocenters. The summed E-state index contributed by atoms with van der Waals surface area (Å²) in [5.41, 5.74) is -4.52. The maximum Gasteiger partial charge on any atom is 0.534 e. The van der Waals surface area contributed by atoms with Gasteiger partial charge >= 0.3 is 21.6 Å². The molecule has 0 aromatic heterocycles. The minimum absolute atomic E-state index is 0.132. The van der Waals surface area contributed by atoms with Crippen LogP contribution >= 0.6 is 0 Å². The number of benzene rings is 1. The van der Waals surface area contributed by atoms with Crippen molar-refractivity contribution in [1.82, 2.24) is 0 Å². The molecule has 0 amide bonds. The lowest BCUT2D eigenvalue weighted by atomic mass is 10.0. The summed E-state index contributed by atoms with van der Waals surface area (Å²) in [6.45, 7) is 3.48. The van der Waals surface area contributed by atoms with Crippen LogP contribution in [0.1, 0.15) is 24.0 Å². The van der Waals surface area contributed by atoms with E-state index in [9.17, 15) is 26.4 Å². The van der Waals surface area contributed by atoms with Gasteiger partial charge in [0.25, 0.3) is 0 Å². The lowest BCUT2D eigenvalue weighted by Gasteiger charge is -2.13. The molecule has 5 nitrogen and oxygen atoms in total. The molecule has 0 bridgehead atoms. The van der Waals surface area contributed by atoms with Crippen LogP contribution in [0.4, 0.5) is 13.2 Å². The zero-order valence-corrected chi connectivity index (χ0v) is 13.7. The Balaban J connectivity index is 2.95. The van der Waals surface area contributed by atoms with Crippen molar-refractivity contribution >= 4 is 16.1 Å². The number of esters is 1. The zero-order chi connectivity index (χ0) is 18.4. The first-order valence-electron chi connectivity index (χ1n) is 6.91. The number of hydrogen-bond acceptors (Lipinski definition) is 5. The molecule has 1 aromatic carbocycles. The highest BCUT2D eigenvalue weighted by atomic mass is 32.2. The van der Waals surface area contributed by atoms with Gasteiger partial charge in [-0.2, -0.15) is 21.6 Å². The number of rotatable bonds is 8. The average Bonchev–Trinajstić information content (AvgIpc) is 2.48. The topological polar surface area (TPSA) is 69.7 Å². The Morgan fingerprint density at radius 1 is 1.33 bits per heavy atom. The zero-order valence-electron chi connectivity index (χ0n) is 12.9. The van der Waals surface area contributed by atoms with Crippen LogP contribution in [0, 0.1) is 0 Å². The third-order valence-electron chi connectivity index (χ3n) is 3.05. The molecule has 0 radical (unpaired) electrons. The Morgan fingerprint density at radius 2 is 2.00 bits per heavy atom. The molecular formula is C15H17F3O5S. The largest absolute Gasteiger partial charge is 0.534 e. The third-order valence-corrected chi connectivity index (χ3v) is 4.01. The first-order chi connectivity index (χ1) is 11.1. The van der Waals surface area contributed by atoms with Gasteiger partial charge in [-0.05, 0) is 36.5 Å². The molecule has 1 aromatic rings. The van der Waals surface area contributed by atoms with Crippen molar-refractivity contribution in [2.24, 2.45) is 0 Å². The molecular weight excluding hydrogens is 349 g/mol. The molecule has 0 fully saturated rings. The summed E-state index contributed by atoms with van der Waals surface area (Å²) in [5, 5.41) is 0. The molecule has 1 rings (SSSR count). The van der Waals surface area contributed by atoms with Crippen LogP contribution in [0.2, 0.25) is 0 Å². The number of ether oxygens (including phenoxy) is 1. The van der Waals surface area contributed by atoms with Gasteiger partial charge in [0.15, 0.2) is 0 Å². The summed E-state index contributed by atoms with van der Waals surface area (Å²) in [5.74, 6) is -0.763. The number of hydrogen-bond donors (Lipinski definition) is 0. The van der Waals surface area contributed by atoms with E-state index < -0.39 is 21.4 Å². The molecule has 0 N–H and O–H groups in total. The van der Waals surface area contributed by atoms with Gasteiger partial charge in [0.05, 0.1) is 7.11 Å². The lowest BCUT2D eigenvalue weighted by molar-refractivity contribution is -0.140. The van der Waals surface area contributed by atoms with Gasteiger partial charge in [-0.1, -0.05) is 18.2 Å². The van der Waals surface area contributed by atoms with Crippen molar-refractivity contribution in [3.8, 4) is 5.75 Å². The number of carbonyl (C=O) groups is 1. The summed E-state index contributed by atoms with van der Waals surface area (Å²) in [7, 11) is -4.46. The van der Waals surface area contributed by atoms with E-state index in [4.69, 9.17) is 0 Å². The van der Waals surface area contributed by atoms with Crippen LogP contribution < -0.4 is 4.18 Å². The fourth-order valence-corrected chi connectivity index (χ4v) is 2.38. The normalized spacial score (nSPS) is 11.8. The Hall–Kier alpha value is -2.03. The molecule has 0 saturated carbocycles. The fraction of sp³-hybridized carbons (Fsp3) is 0.400. The van der Waals surface area contributed by atoms with Crippen LogP contribution in [0.25, 0.3) is 0 Å². The highest BCUT2D eigenvalue weighted by Crippen LogP contribution is 2.30. The number of halogens is 3. The quantitative estimate of drug-likeness (QED) is 0.306. The predicted molar refractivity (Wildman–Crippen MR) is 80.9 cm³/mol. The Morgan fingerprint density at radius 3 is 2.54 bits per heavy atom. The molecule has 0 heterocycles. The van der Waals surface area contributed by atoms with Gasteiger partial charge < -0.3 is 8.92 Å². The Bertz CT molecular complexity index is 696. The second kappa shape index (κ2) is 8.18. The van der Waals surface area contributed by atoms with E-state index in [1.807, 2.05) is 0 Å². The number of methoxy groups -OCH3 is 1. The summed E-state index contributed by atoms with van der Waals surface area (Å²) in [6, 6.07) is 4.14. The van der Waals surface area contributed by atoms with Crippen molar-refractivity contribution < 1.29 is 35.3 Å². The van der Waals surface area contributed by atoms with Crippen LogP contribution in [-0.4, -0.2) is 27.0 Å². The van der Waals surface area contributed by atoms with E-state index in [2.05, 4.69) is 15.5 Å².